The maximum absolute atomic E-state index is 12.2. The molecular formula is C21H25NO4S. The van der Waals surface area contributed by atoms with Gasteiger partial charge >= 0.3 is 10.8 Å². The van der Waals surface area contributed by atoms with Crippen molar-refractivity contribution in [3.05, 3.63) is 56.1 Å². The first kappa shape index (κ1) is 19.5. The predicted octanol–water partition coefficient (Wildman–Crippen LogP) is 4.08. The van der Waals surface area contributed by atoms with Crippen molar-refractivity contribution in [2.45, 2.75) is 57.9 Å². The molecule has 1 fully saturated rings. The van der Waals surface area contributed by atoms with E-state index in [1.54, 1.807) is 5.38 Å². The standard InChI is InChI=1S/C21H25NO4S/c1-15-14-27-21(25)22(15)12-11-20(24)26-13-19(23)18-9-7-17(8-10-18)16-5-3-2-4-6-16/h7-10,14,16H,2-6,11-13H2,1H3. The van der Waals surface area contributed by atoms with Crippen LogP contribution in [-0.2, 0) is 16.1 Å². The van der Waals surface area contributed by atoms with Crippen LogP contribution < -0.4 is 4.87 Å². The minimum atomic E-state index is -0.473. The van der Waals surface area contributed by atoms with E-state index in [9.17, 15) is 14.4 Å². The fourth-order valence-electron chi connectivity index (χ4n) is 3.56. The van der Waals surface area contributed by atoms with Gasteiger partial charge in [0.2, 0.25) is 0 Å². The van der Waals surface area contributed by atoms with Crippen LogP contribution in [0.2, 0.25) is 0 Å². The maximum Gasteiger partial charge on any atom is 0.308 e. The van der Waals surface area contributed by atoms with Gasteiger partial charge in [-0.3, -0.25) is 14.4 Å². The SMILES string of the molecule is Cc1csc(=O)n1CCC(=O)OCC(=O)c1ccc(C2CCCCC2)cc1. The third-order valence-electron chi connectivity index (χ3n) is 5.19. The normalized spacial score (nSPS) is 14.9. The van der Waals surface area contributed by atoms with Crippen LogP contribution in [0.5, 0.6) is 0 Å². The Morgan fingerprint density at radius 2 is 1.85 bits per heavy atom. The Morgan fingerprint density at radius 3 is 2.48 bits per heavy atom. The average Bonchev–Trinajstić information content (AvgIpc) is 3.03. The molecule has 0 N–H and O–H groups in total. The first-order valence-corrected chi connectivity index (χ1v) is 10.4. The number of aromatic nitrogens is 1. The van der Waals surface area contributed by atoms with Crippen LogP contribution in [-0.4, -0.2) is 22.9 Å². The van der Waals surface area contributed by atoms with Gasteiger partial charge in [0.25, 0.3) is 0 Å². The Bertz CT molecular complexity index is 844. The van der Waals surface area contributed by atoms with E-state index in [1.807, 2.05) is 31.2 Å². The number of aryl methyl sites for hydroxylation is 1. The zero-order valence-electron chi connectivity index (χ0n) is 15.6. The van der Waals surface area contributed by atoms with E-state index in [1.165, 1.54) is 42.2 Å². The monoisotopic (exact) mass is 387 g/mol. The van der Waals surface area contributed by atoms with Gasteiger partial charge in [0.1, 0.15) is 0 Å². The Morgan fingerprint density at radius 1 is 1.15 bits per heavy atom. The van der Waals surface area contributed by atoms with Gasteiger partial charge in [0.15, 0.2) is 12.4 Å². The van der Waals surface area contributed by atoms with Gasteiger partial charge in [-0.2, -0.15) is 0 Å². The van der Waals surface area contributed by atoms with E-state index in [-0.39, 0.29) is 30.2 Å². The van der Waals surface area contributed by atoms with Gasteiger partial charge in [-0.1, -0.05) is 54.9 Å². The number of hydrogen-bond acceptors (Lipinski definition) is 5. The summed E-state index contributed by atoms with van der Waals surface area (Å²) in [4.78, 5) is 35.7. The lowest BCUT2D eigenvalue weighted by Gasteiger charge is -2.22. The number of ketones is 1. The molecule has 0 spiro atoms. The fraction of sp³-hybridized carbons (Fsp3) is 0.476. The molecular weight excluding hydrogens is 362 g/mol. The highest BCUT2D eigenvalue weighted by Gasteiger charge is 2.16. The van der Waals surface area contributed by atoms with Crippen molar-refractivity contribution < 1.29 is 14.3 Å². The Kier molecular flexibility index (Phi) is 6.61. The molecule has 0 aliphatic heterocycles. The summed E-state index contributed by atoms with van der Waals surface area (Å²) in [5, 5.41) is 1.76. The highest BCUT2D eigenvalue weighted by molar-refractivity contribution is 7.07. The molecule has 0 unspecified atom stereocenters. The van der Waals surface area contributed by atoms with Gasteiger partial charge < -0.3 is 9.30 Å². The van der Waals surface area contributed by atoms with Gasteiger partial charge in [-0.25, -0.2) is 0 Å². The number of hydrogen-bond donors (Lipinski definition) is 0. The molecule has 27 heavy (non-hydrogen) atoms. The van der Waals surface area contributed by atoms with Crippen molar-refractivity contribution in [3.63, 3.8) is 0 Å². The van der Waals surface area contributed by atoms with E-state index >= 15 is 0 Å². The smallest absolute Gasteiger partial charge is 0.308 e. The number of rotatable bonds is 7. The lowest BCUT2D eigenvalue weighted by atomic mass is 9.84. The third-order valence-corrected chi connectivity index (χ3v) is 6.07. The predicted molar refractivity (Wildman–Crippen MR) is 105 cm³/mol. The summed E-state index contributed by atoms with van der Waals surface area (Å²) >= 11 is 1.11. The van der Waals surface area contributed by atoms with Crippen LogP contribution >= 0.6 is 11.3 Å². The van der Waals surface area contributed by atoms with Crippen LogP contribution in [0, 0.1) is 6.92 Å². The van der Waals surface area contributed by atoms with Crippen LogP contribution in [0.25, 0.3) is 0 Å². The molecule has 0 radical (unpaired) electrons. The average molecular weight is 388 g/mol. The summed E-state index contributed by atoms with van der Waals surface area (Å²) in [6.45, 7) is 1.83. The van der Waals surface area contributed by atoms with Gasteiger partial charge in [0, 0.05) is 23.2 Å². The minimum Gasteiger partial charge on any atom is -0.457 e. The Hall–Kier alpha value is -2.21. The minimum absolute atomic E-state index is 0.0748. The quantitative estimate of drug-likeness (QED) is 0.530. The molecule has 3 rings (SSSR count). The molecule has 2 aromatic rings. The topological polar surface area (TPSA) is 65.4 Å². The number of carbonyl (C=O) groups is 2. The number of nitrogens with zero attached hydrogens (tertiary/aromatic N) is 1. The van der Waals surface area contributed by atoms with Crippen molar-refractivity contribution in [1.82, 2.24) is 4.57 Å². The molecule has 1 saturated carbocycles. The lowest BCUT2D eigenvalue weighted by molar-refractivity contribution is -0.142. The number of ether oxygens (including phenoxy) is 1. The summed E-state index contributed by atoms with van der Waals surface area (Å²) in [5.74, 6) is -0.0770. The number of Topliss-reactive ketones (excluding diaryl/α,β-unsaturated/α-hetero) is 1. The first-order valence-electron chi connectivity index (χ1n) is 9.48. The van der Waals surface area contributed by atoms with Crippen molar-refractivity contribution in [2.24, 2.45) is 0 Å². The van der Waals surface area contributed by atoms with E-state index in [0.717, 1.165) is 17.0 Å². The number of esters is 1. The van der Waals surface area contributed by atoms with Gasteiger partial charge in [-0.15, -0.1) is 0 Å². The van der Waals surface area contributed by atoms with Crippen LogP contribution in [0.15, 0.2) is 34.4 Å². The van der Waals surface area contributed by atoms with E-state index in [4.69, 9.17) is 4.74 Å². The highest BCUT2D eigenvalue weighted by atomic mass is 32.1. The lowest BCUT2D eigenvalue weighted by Crippen LogP contribution is -2.19. The fourth-order valence-corrected chi connectivity index (χ4v) is 4.32. The Labute approximate surface area is 163 Å². The molecule has 144 valence electrons. The van der Waals surface area contributed by atoms with Crippen molar-refractivity contribution in [2.75, 3.05) is 6.61 Å². The summed E-state index contributed by atoms with van der Waals surface area (Å²) in [7, 11) is 0. The second-order valence-electron chi connectivity index (χ2n) is 7.09. The maximum atomic E-state index is 12.2. The summed E-state index contributed by atoms with van der Waals surface area (Å²) in [6.07, 6.45) is 6.39. The van der Waals surface area contributed by atoms with Gasteiger partial charge in [0.05, 0.1) is 6.42 Å². The van der Waals surface area contributed by atoms with E-state index in [0.29, 0.717) is 11.5 Å². The number of thiazole rings is 1. The first-order chi connectivity index (χ1) is 13.0. The highest BCUT2D eigenvalue weighted by Crippen LogP contribution is 2.32. The van der Waals surface area contributed by atoms with Crippen molar-refractivity contribution >= 4 is 23.1 Å². The molecule has 0 bridgehead atoms. The zero-order chi connectivity index (χ0) is 19.2. The van der Waals surface area contributed by atoms with E-state index in [2.05, 4.69) is 0 Å². The second-order valence-corrected chi connectivity index (χ2v) is 7.91. The van der Waals surface area contributed by atoms with E-state index < -0.39 is 5.97 Å². The summed E-state index contributed by atoms with van der Waals surface area (Å²) in [5.41, 5.74) is 2.68. The summed E-state index contributed by atoms with van der Waals surface area (Å²) < 4.78 is 6.62. The number of benzene rings is 1. The van der Waals surface area contributed by atoms with Crippen LogP contribution in [0.1, 0.15) is 66.1 Å². The molecule has 0 amide bonds. The molecule has 6 heteroatoms. The zero-order valence-corrected chi connectivity index (χ0v) is 16.4. The molecule has 1 aromatic carbocycles. The molecule has 1 aliphatic carbocycles. The summed E-state index contributed by atoms with van der Waals surface area (Å²) in [6, 6.07) is 7.70. The largest absolute Gasteiger partial charge is 0.457 e. The molecule has 0 atom stereocenters. The molecule has 1 aromatic heterocycles. The Balaban J connectivity index is 1.47. The molecule has 1 aliphatic rings. The molecule has 1 heterocycles. The molecule has 0 saturated heterocycles. The van der Waals surface area contributed by atoms with Crippen LogP contribution in [0.3, 0.4) is 0 Å². The third kappa shape index (κ3) is 5.16. The van der Waals surface area contributed by atoms with Crippen molar-refractivity contribution in [3.8, 4) is 0 Å². The number of carbonyl (C=O) groups excluding carboxylic acids is 2. The second kappa shape index (κ2) is 9.13. The van der Waals surface area contributed by atoms with Crippen molar-refractivity contribution in [1.29, 1.82) is 0 Å². The van der Waals surface area contributed by atoms with Crippen LogP contribution in [0.4, 0.5) is 0 Å². The molecule has 5 nitrogen and oxygen atoms in total. The van der Waals surface area contributed by atoms with Gasteiger partial charge in [-0.05, 0) is 31.2 Å².